The second-order valence-corrected chi connectivity index (χ2v) is 5.30. The summed E-state index contributed by atoms with van der Waals surface area (Å²) in [5.41, 5.74) is 6.28. The van der Waals surface area contributed by atoms with Crippen molar-refractivity contribution in [2.45, 2.75) is 6.92 Å². The van der Waals surface area contributed by atoms with Gasteiger partial charge in [-0.15, -0.1) is 0 Å². The number of aryl methyl sites for hydroxylation is 1. The van der Waals surface area contributed by atoms with Crippen LogP contribution >= 0.6 is 11.3 Å². The molecule has 94 valence electrons. The number of hydrogen-bond donors (Lipinski definition) is 1. The van der Waals surface area contributed by atoms with Crippen molar-refractivity contribution < 1.29 is 0 Å². The fraction of sp³-hybridized carbons (Fsp3) is 0.0667. The maximum absolute atomic E-state index is 4.46. The third-order valence-corrected chi connectivity index (χ3v) is 3.65. The van der Waals surface area contributed by atoms with E-state index >= 15 is 0 Å². The van der Waals surface area contributed by atoms with Crippen LogP contribution in [-0.4, -0.2) is 11.2 Å². The van der Waals surface area contributed by atoms with Gasteiger partial charge in [0.05, 0.1) is 16.4 Å². The van der Waals surface area contributed by atoms with Crippen LogP contribution < -0.4 is 5.43 Å². The lowest BCUT2D eigenvalue weighted by molar-refractivity contribution is 1.31. The van der Waals surface area contributed by atoms with E-state index in [4.69, 9.17) is 0 Å². The normalized spacial score (nSPS) is 11.2. The van der Waals surface area contributed by atoms with Crippen LogP contribution in [0.15, 0.2) is 53.6 Å². The van der Waals surface area contributed by atoms with Gasteiger partial charge in [-0.05, 0) is 24.6 Å². The summed E-state index contributed by atoms with van der Waals surface area (Å²) in [7, 11) is 0. The summed E-state index contributed by atoms with van der Waals surface area (Å²) in [6.45, 7) is 2.07. The van der Waals surface area contributed by atoms with Crippen molar-refractivity contribution in [3.8, 4) is 0 Å². The van der Waals surface area contributed by atoms with E-state index in [1.165, 1.54) is 5.56 Å². The lowest BCUT2D eigenvalue weighted by atomic mass is 10.2. The molecule has 19 heavy (non-hydrogen) atoms. The van der Waals surface area contributed by atoms with Crippen molar-refractivity contribution in [2.75, 3.05) is 5.43 Å². The summed E-state index contributed by atoms with van der Waals surface area (Å²) in [5, 5.41) is 5.03. The summed E-state index contributed by atoms with van der Waals surface area (Å²) < 4.78 is 1.16. The van der Waals surface area contributed by atoms with Gasteiger partial charge in [0, 0.05) is 0 Å². The van der Waals surface area contributed by atoms with Gasteiger partial charge in [0.1, 0.15) is 0 Å². The number of fused-ring (bicyclic) bond motifs is 1. The third-order valence-electron chi connectivity index (χ3n) is 2.71. The van der Waals surface area contributed by atoms with Gasteiger partial charge in [0.2, 0.25) is 5.13 Å². The fourth-order valence-electron chi connectivity index (χ4n) is 1.83. The number of anilines is 1. The summed E-state index contributed by atoms with van der Waals surface area (Å²) in [4.78, 5) is 4.46. The van der Waals surface area contributed by atoms with Crippen LogP contribution in [0.4, 0.5) is 5.13 Å². The Hall–Kier alpha value is -2.20. The van der Waals surface area contributed by atoms with Gasteiger partial charge in [-0.1, -0.05) is 53.3 Å². The van der Waals surface area contributed by atoms with Crippen LogP contribution in [0.25, 0.3) is 10.2 Å². The van der Waals surface area contributed by atoms with Gasteiger partial charge in [-0.3, -0.25) is 5.43 Å². The maximum atomic E-state index is 4.46. The summed E-state index contributed by atoms with van der Waals surface area (Å²) in [5.74, 6) is 0. The average Bonchev–Trinajstić information content (AvgIpc) is 2.81. The molecule has 0 saturated carbocycles. The van der Waals surface area contributed by atoms with Gasteiger partial charge >= 0.3 is 0 Å². The molecule has 1 heterocycles. The number of hydrazone groups is 1. The molecule has 2 aromatic carbocycles. The molecule has 0 unspecified atom stereocenters. The van der Waals surface area contributed by atoms with Gasteiger partial charge in [0.15, 0.2) is 0 Å². The van der Waals surface area contributed by atoms with E-state index < -0.39 is 0 Å². The number of nitrogens with one attached hydrogen (secondary N) is 1. The number of rotatable bonds is 3. The second kappa shape index (κ2) is 5.20. The Morgan fingerprint density at radius 1 is 1.16 bits per heavy atom. The van der Waals surface area contributed by atoms with Crippen LogP contribution in [0.2, 0.25) is 0 Å². The Bertz CT molecular complexity index is 698. The van der Waals surface area contributed by atoms with Crippen molar-refractivity contribution in [1.82, 2.24) is 4.98 Å². The zero-order valence-electron chi connectivity index (χ0n) is 10.5. The van der Waals surface area contributed by atoms with Crippen molar-refractivity contribution in [2.24, 2.45) is 5.10 Å². The lowest BCUT2D eigenvalue weighted by Gasteiger charge is -1.95. The highest BCUT2D eigenvalue weighted by Crippen LogP contribution is 2.25. The SMILES string of the molecule is Cc1cccc(/C=N/Nc2nc3ccccc3s2)c1. The number of thiazole rings is 1. The standard InChI is InChI=1S/C15H13N3S/c1-11-5-4-6-12(9-11)10-16-18-15-17-13-7-2-3-8-14(13)19-15/h2-10H,1H3,(H,17,18)/b16-10+. The molecule has 0 fully saturated rings. The van der Waals surface area contributed by atoms with Crippen molar-refractivity contribution in [3.63, 3.8) is 0 Å². The quantitative estimate of drug-likeness (QED) is 0.574. The molecule has 0 radical (unpaired) electrons. The minimum absolute atomic E-state index is 0.810. The predicted molar refractivity (Wildman–Crippen MR) is 82.0 cm³/mol. The zero-order chi connectivity index (χ0) is 13.1. The molecule has 0 spiro atoms. The monoisotopic (exact) mass is 267 g/mol. The van der Waals surface area contributed by atoms with E-state index in [0.29, 0.717) is 0 Å². The van der Waals surface area contributed by atoms with Gasteiger partial charge in [0.25, 0.3) is 0 Å². The molecule has 0 aliphatic carbocycles. The number of nitrogens with zero attached hydrogens (tertiary/aromatic N) is 2. The summed E-state index contributed by atoms with van der Waals surface area (Å²) >= 11 is 1.60. The summed E-state index contributed by atoms with van der Waals surface area (Å²) in [6.07, 6.45) is 1.80. The minimum Gasteiger partial charge on any atom is -0.253 e. The molecule has 3 rings (SSSR count). The number of benzene rings is 2. The number of hydrogen-bond acceptors (Lipinski definition) is 4. The maximum Gasteiger partial charge on any atom is 0.204 e. The topological polar surface area (TPSA) is 37.3 Å². The minimum atomic E-state index is 0.810. The van der Waals surface area contributed by atoms with Crippen LogP contribution in [0, 0.1) is 6.92 Å². The van der Waals surface area contributed by atoms with Gasteiger partial charge in [-0.25, -0.2) is 4.98 Å². The first-order valence-electron chi connectivity index (χ1n) is 6.02. The van der Waals surface area contributed by atoms with Crippen molar-refractivity contribution in [3.05, 3.63) is 59.7 Å². The van der Waals surface area contributed by atoms with Crippen molar-refractivity contribution in [1.29, 1.82) is 0 Å². The molecule has 3 nitrogen and oxygen atoms in total. The van der Waals surface area contributed by atoms with Gasteiger partial charge in [-0.2, -0.15) is 5.10 Å². The van der Waals surface area contributed by atoms with Gasteiger partial charge < -0.3 is 0 Å². The molecule has 0 bridgehead atoms. The smallest absolute Gasteiger partial charge is 0.204 e. The van der Waals surface area contributed by atoms with Crippen LogP contribution in [-0.2, 0) is 0 Å². The molecule has 0 aliphatic rings. The highest BCUT2D eigenvalue weighted by atomic mass is 32.1. The summed E-state index contributed by atoms with van der Waals surface area (Å²) in [6, 6.07) is 16.3. The lowest BCUT2D eigenvalue weighted by Crippen LogP contribution is -1.89. The Morgan fingerprint density at radius 2 is 2.05 bits per heavy atom. The molecule has 0 saturated heterocycles. The van der Waals surface area contributed by atoms with Crippen LogP contribution in [0.1, 0.15) is 11.1 Å². The Labute approximate surface area is 115 Å². The fourth-order valence-corrected chi connectivity index (χ4v) is 2.65. The Kier molecular flexibility index (Phi) is 3.25. The first-order valence-corrected chi connectivity index (χ1v) is 6.84. The van der Waals surface area contributed by atoms with E-state index in [2.05, 4.69) is 40.6 Å². The first-order chi connectivity index (χ1) is 9.31. The Balaban J connectivity index is 1.75. The van der Waals surface area contributed by atoms with E-state index in [9.17, 15) is 0 Å². The van der Waals surface area contributed by atoms with E-state index in [0.717, 1.165) is 20.9 Å². The molecule has 3 aromatic rings. The molecular formula is C15H13N3S. The molecule has 1 aromatic heterocycles. The first kappa shape index (κ1) is 11.9. The highest BCUT2D eigenvalue weighted by Gasteiger charge is 2.00. The van der Waals surface area contributed by atoms with Crippen molar-refractivity contribution >= 4 is 32.9 Å². The molecule has 0 amide bonds. The molecular weight excluding hydrogens is 254 g/mol. The average molecular weight is 267 g/mol. The Morgan fingerprint density at radius 3 is 2.89 bits per heavy atom. The highest BCUT2D eigenvalue weighted by molar-refractivity contribution is 7.22. The van der Waals surface area contributed by atoms with E-state index in [1.807, 2.05) is 30.3 Å². The molecule has 4 heteroatoms. The predicted octanol–water partition coefficient (Wildman–Crippen LogP) is 4.05. The molecule has 0 atom stereocenters. The number of aromatic nitrogens is 1. The second-order valence-electron chi connectivity index (χ2n) is 4.27. The zero-order valence-corrected chi connectivity index (χ0v) is 11.3. The number of para-hydroxylation sites is 1. The third kappa shape index (κ3) is 2.80. The van der Waals surface area contributed by atoms with E-state index in [1.54, 1.807) is 17.6 Å². The van der Waals surface area contributed by atoms with E-state index in [-0.39, 0.29) is 0 Å². The largest absolute Gasteiger partial charge is 0.253 e. The molecule has 1 N–H and O–H groups in total. The van der Waals surface area contributed by atoms with Crippen LogP contribution in [0.5, 0.6) is 0 Å². The molecule has 0 aliphatic heterocycles. The van der Waals surface area contributed by atoms with Crippen LogP contribution in [0.3, 0.4) is 0 Å².